The highest BCUT2D eigenvalue weighted by molar-refractivity contribution is 5.73. The van der Waals surface area contributed by atoms with Crippen LogP contribution in [0.5, 0.6) is 0 Å². The van der Waals surface area contributed by atoms with Crippen LogP contribution in [0.25, 0.3) is 0 Å². The molecule has 2 heterocycles. The number of ether oxygens (including phenoxy) is 2. The quantitative estimate of drug-likeness (QED) is 0.457. The Morgan fingerprint density at radius 2 is 2.14 bits per heavy atom. The maximum Gasteiger partial charge on any atom is 0.217 e. The molecule has 2 bridgehead atoms. The van der Waals surface area contributed by atoms with Crippen LogP contribution in [0.4, 0.5) is 0 Å². The van der Waals surface area contributed by atoms with Gasteiger partial charge in [-0.15, -0.1) is 0 Å². The Morgan fingerprint density at radius 1 is 1.43 bits per heavy atom. The Bertz CT molecular complexity index is 246. The largest absolute Gasteiger partial charge is 0.388 e. The topological polar surface area (TPSA) is 88.0 Å². The van der Waals surface area contributed by atoms with E-state index in [4.69, 9.17) is 9.47 Å². The van der Waals surface area contributed by atoms with Crippen LogP contribution in [0.15, 0.2) is 0 Å². The SMILES string of the molecule is CC(=O)N[C@H]1C(O)[C@H](O)C2CO[C@@H]1O2. The number of rotatable bonds is 1. The van der Waals surface area contributed by atoms with Crippen LogP contribution >= 0.6 is 0 Å². The van der Waals surface area contributed by atoms with E-state index in [1.165, 1.54) is 6.92 Å². The lowest BCUT2D eigenvalue weighted by Gasteiger charge is -2.35. The molecule has 2 saturated heterocycles. The summed E-state index contributed by atoms with van der Waals surface area (Å²) >= 11 is 0. The van der Waals surface area contributed by atoms with E-state index in [2.05, 4.69) is 5.32 Å². The van der Waals surface area contributed by atoms with Crippen molar-refractivity contribution in [3.05, 3.63) is 0 Å². The molecule has 0 radical (unpaired) electrons. The van der Waals surface area contributed by atoms with E-state index in [0.29, 0.717) is 0 Å². The highest BCUT2D eigenvalue weighted by Crippen LogP contribution is 2.27. The second-order valence-corrected chi connectivity index (χ2v) is 3.58. The fraction of sp³-hybridized carbons (Fsp3) is 0.875. The van der Waals surface area contributed by atoms with Gasteiger partial charge in [0.15, 0.2) is 6.29 Å². The Morgan fingerprint density at radius 3 is 2.79 bits per heavy atom. The van der Waals surface area contributed by atoms with Gasteiger partial charge in [0.25, 0.3) is 0 Å². The van der Waals surface area contributed by atoms with Gasteiger partial charge in [0.1, 0.15) is 24.4 Å². The normalized spacial score (nSPS) is 46.4. The average molecular weight is 203 g/mol. The lowest BCUT2D eigenvalue weighted by Crippen LogP contribution is -2.60. The van der Waals surface area contributed by atoms with Crippen LogP contribution in [-0.4, -0.2) is 53.4 Å². The Balaban J connectivity index is 2.10. The molecule has 0 spiro atoms. The maximum absolute atomic E-state index is 10.8. The van der Waals surface area contributed by atoms with Gasteiger partial charge in [-0.05, 0) is 0 Å². The van der Waals surface area contributed by atoms with Gasteiger partial charge < -0.3 is 25.0 Å². The fourth-order valence-corrected chi connectivity index (χ4v) is 1.79. The van der Waals surface area contributed by atoms with E-state index in [1.807, 2.05) is 0 Å². The smallest absolute Gasteiger partial charge is 0.217 e. The third-order valence-corrected chi connectivity index (χ3v) is 2.50. The summed E-state index contributed by atoms with van der Waals surface area (Å²) in [5.41, 5.74) is 0. The van der Waals surface area contributed by atoms with E-state index in [1.54, 1.807) is 0 Å². The number of aliphatic hydroxyl groups excluding tert-OH is 2. The lowest BCUT2D eigenvalue weighted by molar-refractivity contribution is -0.186. The molecule has 2 aliphatic rings. The number of nitrogens with one attached hydrogen (secondary N) is 1. The zero-order valence-electron chi connectivity index (χ0n) is 7.71. The molecule has 80 valence electrons. The molecule has 5 atom stereocenters. The predicted molar refractivity (Wildman–Crippen MR) is 44.2 cm³/mol. The summed E-state index contributed by atoms with van der Waals surface area (Å²) in [6.07, 6.45) is -3.18. The first kappa shape index (κ1) is 9.85. The first-order valence-corrected chi connectivity index (χ1v) is 4.50. The molecule has 0 aromatic heterocycles. The molecule has 0 saturated carbocycles. The second-order valence-electron chi connectivity index (χ2n) is 3.58. The van der Waals surface area contributed by atoms with Crippen LogP contribution in [0.1, 0.15) is 6.92 Å². The van der Waals surface area contributed by atoms with E-state index >= 15 is 0 Å². The van der Waals surface area contributed by atoms with Crippen molar-refractivity contribution >= 4 is 5.91 Å². The molecule has 3 N–H and O–H groups in total. The fourth-order valence-electron chi connectivity index (χ4n) is 1.79. The number of fused-ring (bicyclic) bond motifs is 2. The van der Waals surface area contributed by atoms with Crippen molar-refractivity contribution in [2.24, 2.45) is 0 Å². The third-order valence-electron chi connectivity index (χ3n) is 2.50. The summed E-state index contributed by atoms with van der Waals surface area (Å²) in [7, 11) is 0. The number of hydrogen-bond donors (Lipinski definition) is 3. The molecule has 2 rings (SSSR count). The van der Waals surface area contributed by atoms with Gasteiger partial charge in [-0.2, -0.15) is 0 Å². The van der Waals surface area contributed by atoms with Crippen molar-refractivity contribution in [1.82, 2.24) is 5.32 Å². The minimum Gasteiger partial charge on any atom is -0.388 e. The summed E-state index contributed by atoms with van der Waals surface area (Å²) < 4.78 is 10.4. The van der Waals surface area contributed by atoms with E-state index in [9.17, 15) is 15.0 Å². The third kappa shape index (κ3) is 1.50. The summed E-state index contributed by atoms with van der Waals surface area (Å²) in [5, 5.41) is 21.7. The molecular weight excluding hydrogens is 190 g/mol. The predicted octanol–water partition coefficient (Wildman–Crippen LogP) is -2.03. The molecule has 2 fully saturated rings. The molecule has 1 amide bonds. The van der Waals surface area contributed by atoms with Crippen LogP contribution in [-0.2, 0) is 14.3 Å². The molecule has 0 aliphatic carbocycles. The van der Waals surface area contributed by atoms with Crippen molar-refractivity contribution < 1.29 is 24.5 Å². The van der Waals surface area contributed by atoms with E-state index in [-0.39, 0.29) is 12.5 Å². The minimum absolute atomic E-state index is 0.249. The lowest BCUT2D eigenvalue weighted by atomic mass is 9.99. The van der Waals surface area contributed by atoms with Crippen LogP contribution in [0, 0.1) is 0 Å². The summed E-state index contributed by atoms with van der Waals surface area (Å²) in [5.74, 6) is -0.293. The zero-order valence-corrected chi connectivity index (χ0v) is 7.71. The molecule has 2 unspecified atom stereocenters. The average Bonchev–Trinajstić information content (AvgIpc) is 2.55. The van der Waals surface area contributed by atoms with Gasteiger partial charge >= 0.3 is 0 Å². The number of amides is 1. The minimum atomic E-state index is -1.04. The van der Waals surface area contributed by atoms with Crippen LogP contribution in [0.3, 0.4) is 0 Å². The van der Waals surface area contributed by atoms with Crippen molar-refractivity contribution in [2.75, 3.05) is 6.61 Å². The van der Waals surface area contributed by atoms with Crippen molar-refractivity contribution in [1.29, 1.82) is 0 Å². The van der Waals surface area contributed by atoms with Crippen LogP contribution in [0.2, 0.25) is 0 Å². The number of aliphatic hydroxyl groups is 2. The Kier molecular flexibility index (Phi) is 2.44. The summed E-state index contributed by atoms with van der Waals surface area (Å²) in [6.45, 7) is 1.58. The Hall–Kier alpha value is -0.690. The van der Waals surface area contributed by atoms with Gasteiger partial charge in [-0.1, -0.05) is 0 Å². The Labute approximate surface area is 80.8 Å². The van der Waals surface area contributed by atoms with Gasteiger partial charge in [-0.25, -0.2) is 0 Å². The molecular formula is C8H13NO5. The maximum atomic E-state index is 10.8. The molecule has 0 aromatic carbocycles. The first-order chi connectivity index (χ1) is 6.59. The van der Waals surface area contributed by atoms with Gasteiger partial charge in [-0.3, -0.25) is 4.79 Å². The number of carbonyl (C=O) groups is 1. The van der Waals surface area contributed by atoms with Crippen molar-refractivity contribution in [2.45, 2.75) is 37.6 Å². The van der Waals surface area contributed by atoms with E-state index in [0.717, 1.165) is 0 Å². The molecule has 6 heteroatoms. The van der Waals surface area contributed by atoms with Crippen LogP contribution < -0.4 is 5.32 Å². The summed E-state index contributed by atoms with van der Waals surface area (Å²) in [4.78, 5) is 10.8. The van der Waals surface area contributed by atoms with Gasteiger partial charge in [0.05, 0.1) is 6.61 Å². The standard InChI is InChI=1S/C8H13NO5/c1-3(10)9-5-7(12)6(11)4-2-13-8(5)14-4/h4-8,11-12H,2H2,1H3,(H,9,10)/t4?,5-,6+,7?,8+/m0/s1. The molecule has 2 aliphatic heterocycles. The van der Waals surface area contributed by atoms with E-state index < -0.39 is 30.6 Å². The monoisotopic (exact) mass is 203 g/mol. The van der Waals surface area contributed by atoms with Gasteiger partial charge in [0.2, 0.25) is 5.91 Å². The second kappa shape index (κ2) is 3.47. The summed E-state index contributed by atoms with van der Waals surface area (Å²) in [6, 6.07) is -0.693. The number of carbonyl (C=O) groups excluding carboxylic acids is 1. The molecule has 0 aromatic rings. The highest BCUT2D eigenvalue weighted by atomic mass is 16.7. The number of hydrogen-bond acceptors (Lipinski definition) is 5. The van der Waals surface area contributed by atoms with Gasteiger partial charge in [0, 0.05) is 6.92 Å². The first-order valence-electron chi connectivity index (χ1n) is 4.50. The van der Waals surface area contributed by atoms with Crippen molar-refractivity contribution in [3.63, 3.8) is 0 Å². The molecule has 6 nitrogen and oxygen atoms in total. The highest BCUT2D eigenvalue weighted by Gasteiger charge is 2.49. The molecule has 14 heavy (non-hydrogen) atoms. The zero-order chi connectivity index (χ0) is 10.3. The van der Waals surface area contributed by atoms with Crippen molar-refractivity contribution in [3.8, 4) is 0 Å².